The molecule has 0 aromatic carbocycles. The standard InChI is InChI=1S/C14H23N3O3/c1-4-6-15-13-8-11(5-7-16-13)14(18)17-9-12(20-3)10-19-2/h5,7-8,12H,4,6,9-10H2,1-3H3,(H,15,16)(H,17,18). The van der Waals surface area contributed by atoms with Crippen molar-refractivity contribution >= 4 is 11.7 Å². The van der Waals surface area contributed by atoms with Gasteiger partial charge in [-0.05, 0) is 18.6 Å². The van der Waals surface area contributed by atoms with E-state index in [0.29, 0.717) is 24.5 Å². The van der Waals surface area contributed by atoms with Gasteiger partial charge in [0.15, 0.2) is 0 Å². The Balaban J connectivity index is 2.54. The molecule has 0 aliphatic heterocycles. The molecule has 0 spiro atoms. The van der Waals surface area contributed by atoms with Crippen molar-refractivity contribution in [1.82, 2.24) is 10.3 Å². The van der Waals surface area contributed by atoms with E-state index in [0.717, 1.165) is 13.0 Å². The highest BCUT2D eigenvalue weighted by atomic mass is 16.5. The predicted molar refractivity (Wildman–Crippen MR) is 78.0 cm³/mol. The lowest BCUT2D eigenvalue weighted by Gasteiger charge is -2.15. The van der Waals surface area contributed by atoms with Crippen molar-refractivity contribution in [1.29, 1.82) is 0 Å². The van der Waals surface area contributed by atoms with Crippen LogP contribution in [0.15, 0.2) is 18.3 Å². The minimum Gasteiger partial charge on any atom is -0.382 e. The highest BCUT2D eigenvalue weighted by Gasteiger charge is 2.11. The van der Waals surface area contributed by atoms with E-state index in [1.165, 1.54) is 0 Å². The molecule has 1 rings (SSSR count). The lowest BCUT2D eigenvalue weighted by atomic mass is 10.2. The molecule has 20 heavy (non-hydrogen) atoms. The first-order valence-electron chi connectivity index (χ1n) is 6.71. The highest BCUT2D eigenvalue weighted by molar-refractivity contribution is 5.94. The van der Waals surface area contributed by atoms with E-state index in [4.69, 9.17) is 9.47 Å². The van der Waals surface area contributed by atoms with E-state index in [9.17, 15) is 4.79 Å². The van der Waals surface area contributed by atoms with Crippen LogP contribution in [0.5, 0.6) is 0 Å². The van der Waals surface area contributed by atoms with Crippen molar-refractivity contribution in [2.45, 2.75) is 19.4 Å². The zero-order chi connectivity index (χ0) is 14.8. The molecule has 0 aliphatic carbocycles. The molecule has 1 aromatic rings. The number of carbonyl (C=O) groups is 1. The molecule has 6 nitrogen and oxygen atoms in total. The van der Waals surface area contributed by atoms with Crippen molar-refractivity contribution < 1.29 is 14.3 Å². The van der Waals surface area contributed by atoms with Crippen LogP contribution in [-0.2, 0) is 9.47 Å². The van der Waals surface area contributed by atoms with E-state index in [1.807, 2.05) is 0 Å². The number of anilines is 1. The quantitative estimate of drug-likeness (QED) is 0.713. The smallest absolute Gasteiger partial charge is 0.251 e. The number of aromatic nitrogens is 1. The van der Waals surface area contributed by atoms with Crippen LogP contribution < -0.4 is 10.6 Å². The number of hydrogen-bond donors (Lipinski definition) is 2. The molecule has 6 heteroatoms. The maximum atomic E-state index is 12.0. The van der Waals surface area contributed by atoms with Gasteiger partial charge in [0.05, 0.1) is 12.7 Å². The molecule has 0 bridgehead atoms. The second-order valence-corrected chi connectivity index (χ2v) is 4.38. The summed E-state index contributed by atoms with van der Waals surface area (Å²) in [5, 5.41) is 5.97. The number of pyridine rings is 1. The average molecular weight is 281 g/mol. The van der Waals surface area contributed by atoms with Gasteiger partial charge in [-0.1, -0.05) is 6.92 Å². The summed E-state index contributed by atoms with van der Waals surface area (Å²) >= 11 is 0. The molecular formula is C14H23N3O3. The van der Waals surface area contributed by atoms with E-state index in [2.05, 4.69) is 22.5 Å². The monoisotopic (exact) mass is 281 g/mol. The number of rotatable bonds is 9. The minimum absolute atomic E-state index is 0.148. The Morgan fingerprint density at radius 2 is 2.25 bits per heavy atom. The van der Waals surface area contributed by atoms with Crippen LogP contribution in [0.2, 0.25) is 0 Å². The number of carbonyl (C=O) groups excluding carboxylic acids is 1. The fourth-order valence-corrected chi connectivity index (χ4v) is 1.63. The Kier molecular flexibility index (Phi) is 7.60. The first kappa shape index (κ1) is 16.4. The van der Waals surface area contributed by atoms with Crippen molar-refractivity contribution in [2.24, 2.45) is 0 Å². The molecule has 0 saturated heterocycles. The Bertz CT molecular complexity index is 412. The molecule has 1 amide bonds. The van der Waals surface area contributed by atoms with E-state index in [-0.39, 0.29) is 12.0 Å². The normalized spacial score (nSPS) is 11.9. The van der Waals surface area contributed by atoms with Crippen molar-refractivity contribution in [3.8, 4) is 0 Å². The van der Waals surface area contributed by atoms with Gasteiger partial charge in [-0.25, -0.2) is 4.98 Å². The van der Waals surface area contributed by atoms with Crippen molar-refractivity contribution in [3.05, 3.63) is 23.9 Å². The van der Waals surface area contributed by atoms with Gasteiger partial charge in [0, 0.05) is 39.1 Å². The summed E-state index contributed by atoms with van der Waals surface area (Å²) in [6.07, 6.45) is 2.48. The number of ether oxygens (including phenoxy) is 2. The fourth-order valence-electron chi connectivity index (χ4n) is 1.63. The van der Waals surface area contributed by atoms with Crippen LogP contribution in [0.25, 0.3) is 0 Å². The van der Waals surface area contributed by atoms with E-state index in [1.54, 1.807) is 32.5 Å². The van der Waals surface area contributed by atoms with Gasteiger partial charge in [0.2, 0.25) is 0 Å². The topological polar surface area (TPSA) is 72.5 Å². The molecule has 1 heterocycles. The second-order valence-electron chi connectivity index (χ2n) is 4.38. The van der Waals surface area contributed by atoms with Gasteiger partial charge in [0.1, 0.15) is 5.82 Å². The van der Waals surface area contributed by atoms with Gasteiger partial charge in [-0.3, -0.25) is 4.79 Å². The molecule has 0 radical (unpaired) electrons. The summed E-state index contributed by atoms with van der Waals surface area (Å²) in [5.41, 5.74) is 0.575. The predicted octanol–water partition coefficient (Wildman–Crippen LogP) is 1.29. The molecule has 112 valence electrons. The van der Waals surface area contributed by atoms with Gasteiger partial charge < -0.3 is 20.1 Å². The molecular weight excluding hydrogens is 258 g/mol. The lowest BCUT2D eigenvalue weighted by molar-refractivity contribution is 0.0285. The lowest BCUT2D eigenvalue weighted by Crippen LogP contribution is -2.35. The van der Waals surface area contributed by atoms with Crippen LogP contribution in [-0.4, -0.2) is 50.9 Å². The molecule has 1 aromatic heterocycles. The summed E-state index contributed by atoms with van der Waals surface area (Å²) in [6.45, 7) is 3.75. The third kappa shape index (κ3) is 5.54. The summed E-state index contributed by atoms with van der Waals surface area (Å²) in [6, 6.07) is 3.42. The Labute approximate surface area is 119 Å². The molecule has 1 atom stereocenters. The Morgan fingerprint density at radius 1 is 1.45 bits per heavy atom. The van der Waals surface area contributed by atoms with Crippen molar-refractivity contribution in [3.63, 3.8) is 0 Å². The number of nitrogens with one attached hydrogen (secondary N) is 2. The largest absolute Gasteiger partial charge is 0.382 e. The number of methoxy groups -OCH3 is 2. The van der Waals surface area contributed by atoms with E-state index >= 15 is 0 Å². The zero-order valence-corrected chi connectivity index (χ0v) is 12.3. The molecule has 1 unspecified atom stereocenters. The SMILES string of the molecule is CCCNc1cc(C(=O)NCC(COC)OC)ccn1. The highest BCUT2D eigenvalue weighted by Crippen LogP contribution is 2.06. The molecule has 0 saturated carbocycles. The van der Waals surface area contributed by atoms with Gasteiger partial charge in [-0.15, -0.1) is 0 Å². The van der Waals surface area contributed by atoms with Gasteiger partial charge in [0.25, 0.3) is 5.91 Å². The third-order valence-corrected chi connectivity index (χ3v) is 2.75. The summed E-state index contributed by atoms with van der Waals surface area (Å²) < 4.78 is 10.2. The first-order valence-corrected chi connectivity index (χ1v) is 6.71. The third-order valence-electron chi connectivity index (χ3n) is 2.75. The molecule has 0 aliphatic rings. The minimum atomic E-state index is -0.150. The average Bonchev–Trinajstić information content (AvgIpc) is 2.49. The zero-order valence-electron chi connectivity index (χ0n) is 12.3. The first-order chi connectivity index (χ1) is 9.71. The number of nitrogens with zero attached hydrogens (tertiary/aromatic N) is 1. The number of amides is 1. The summed E-state index contributed by atoms with van der Waals surface area (Å²) in [4.78, 5) is 16.2. The summed E-state index contributed by atoms with van der Waals surface area (Å²) in [5.74, 6) is 0.560. The van der Waals surface area contributed by atoms with Crippen LogP contribution in [0.3, 0.4) is 0 Å². The number of hydrogen-bond acceptors (Lipinski definition) is 5. The van der Waals surface area contributed by atoms with Gasteiger partial charge in [-0.2, -0.15) is 0 Å². The van der Waals surface area contributed by atoms with Crippen LogP contribution in [0.1, 0.15) is 23.7 Å². The van der Waals surface area contributed by atoms with E-state index < -0.39 is 0 Å². The Morgan fingerprint density at radius 3 is 2.90 bits per heavy atom. The summed E-state index contributed by atoms with van der Waals surface area (Å²) in [7, 11) is 3.19. The molecule has 0 fully saturated rings. The maximum Gasteiger partial charge on any atom is 0.251 e. The van der Waals surface area contributed by atoms with Crippen LogP contribution in [0.4, 0.5) is 5.82 Å². The van der Waals surface area contributed by atoms with Gasteiger partial charge >= 0.3 is 0 Å². The maximum absolute atomic E-state index is 12.0. The second kappa shape index (κ2) is 9.28. The Hall–Kier alpha value is -1.66. The fraction of sp³-hybridized carbons (Fsp3) is 0.571. The van der Waals surface area contributed by atoms with Crippen molar-refractivity contribution in [2.75, 3.05) is 39.2 Å². The van der Waals surface area contributed by atoms with Crippen LogP contribution >= 0.6 is 0 Å². The molecule has 2 N–H and O–H groups in total. The van der Waals surface area contributed by atoms with Crippen LogP contribution in [0, 0.1) is 0 Å².